The summed E-state index contributed by atoms with van der Waals surface area (Å²) in [7, 11) is 0. The van der Waals surface area contributed by atoms with Gasteiger partial charge < -0.3 is 10.1 Å². The van der Waals surface area contributed by atoms with E-state index in [1.165, 1.54) is 24.3 Å². The number of thioether (sulfide) groups is 1. The fourth-order valence-corrected chi connectivity index (χ4v) is 2.90. The lowest BCUT2D eigenvalue weighted by molar-refractivity contribution is -0.384. The molecule has 0 radical (unpaired) electrons. The molecule has 0 saturated heterocycles. The number of non-ortho nitro benzene ring substituents is 1. The van der Waals surface area contributed by atoms with Gasteiger partial charge in [0.1, 0.15) is 12.6 Å². The molecular formula is C20H22N2O5S. The van der Waals surface area contributed by atoms with Crippen LogP contribution in [-0.2, 0) is 16.1 Å². The standard InChI is InChI=1S/C20H22N2O5S/c1-14-6-8-15(9-7-14)13-27-20(24)18(10-11-28-2)21-19(23)16-4-3-5-17(12-16)22(25)26/h3-9,12,18H,10-11,13H2,1-2H3,(H,21,23)/t18-/m0/s1. The zero-order valence-electron chi connectivity index (χ0n) is 15.7. The smallest absolute Gasteiger partial charge is 0.329 e. The number of carbonyl (C=O) groups excluding carboxylic acids is 2. The summed E-state index contributed by atoms with van der Waals surface area (Å²) in [4.78, 5) is 35.3. The summed E-state index contributed by atoms with van der Waals surface area (Å²) in [5.74, 6) is -0.435. The zero-order valence-corrected chi connectivity index (χ0v) is 16.5. The Morgan fingerprint density at radius 3 is 2.57 bits per heavy atom. The van der Waals surface area contributed by atoms with Crippen LogP contribution in [0.2, 0.25) is 0 Å². The first-order chi connectivity index (χ1) is 13.4. The van der Waals surface area contributed by atoms with Gasteiger partial charge in [-0.25, -0.2) is 4.79 Å². The van der Waals surface area contributed by atoms with Gasteiger partial charge in [0.15, 0.2) is 0 Å². The van der Waals surface area contributed by atoms with Gasteiger partial charge in [0.05, 0.1) is 4.92 Å². The predicted molar refractivity (Wildman–Crippen MR) is 108 cm³/mol. The lowest BCUT2D eigenvalue weighted by atomic mass is 10.1. The van der Waals surface area contributed by atoms with Crippen molar-refractivity contribution in [2.75, 3.05) is 12.0 Å². The highest BCUT2D eigenvalue weighted by Gasteiger charge is 2.23. The van der Waals surface area contributed by atoms with Crippen LogP contribution < -0.4 is 5.32 Å². The molecule has 1 atom stereocenters. The molecule has 0 fully saturated rings. The van der Waals surface area contributed by atoms with Crippen LogP contribution in [0.5, 0.6) is 0 Å². The second-order valence-corrected chi connectivity index (χ2v) is 7.19. The van der Waals surface area contributed by atoms with Crippen LogP contribution in [0.3, 0.4) is 0 Å². The number of hydrogen-bond acceptors (Lipinski definition) is 6. The molecule has 2 aromatic rings. The summed E-state index contributed by atoms with van der Waals surface area (Å²) in [6, 6.07) is 12.2. The normalized spacial score (nSPS) is 11.5. The van der Waals surface area contributed by atoms with E-state index in [-0.39, 0.29) is 17.9 Å². The Morgan fingerprint density at radius 2 is 1.93 bits per heavy atom. The van der Waals surface area contributed by atoms with Crippen molar-refractivity contribution >= 4 is 29.3 Å². The Hall–Kier alpha value is -2.87. The summed E-state index contributed by atoms with van der Waals surface area (Å²) in [5.41, 5.74) is 1.90. The third-order valence-electron chi connectivity index (χ3n) is 4.02. The number of ether oxygens (including phenoxy) is 1. The van der Waals surface area contributed by atoms with Crippen molar-refractivity contribution in [3.05, 3.63) is 75.3 Å². The molecular weight excluding hydrogens is 380 g/mol. The van der Waals surface area contributed by atoms with Crippen LogP contribution in [0, 0.1) is 17.0 Å². The Morgan fingerprint density at radius 1 is 1.21 bits per heavy atom. The van der Waals surface area contributed by atoms with E-state index in [0.29, 0.717) is 12.2 Å². The van der Waals surface area contributed by atoms with E-state index < -0.39 is 22.8 Å². The minimum absolute atomic E-state index is 0.113. The van der Waals surface area contributed by atoms with E-state index in [1.54, 1.807) is 11.8 Å². The molecule has 0 spiro atoms. The molecule has 1 amide bonds. The lowest BCUT2D eigenvalue weighted by Crippen LogP contribution is -2.42. The molecule has 0 aliphatic rings. The number of hydrogen-bond donors (Lipinski definition) is 1. The van der Waals surface area contributed by atoms with E-state index in [9.17, 15) is 19.7 Å². The maximum absolute atomic E-state index is 12.5. The average Bonchev–Trinajstić information content (AvgIpc) is 2.70. The first kappa shape index (κ1) is 21.4. The zero-order chi connectivity index (χ0) is 20.5. The molecule has 0 aliphatic heterocycles. The van der Waals surface area contributed by atoms with Gasteiger partial charge >= 0.3 is 5.97 Å². The molecule has 28 heavy (non-hydrogen) atoms. The quantitative estimate of drug-likeness (QED) is 0.392. The van der Waals surface area contributed by atoms with Gasteiger partial charge in [-0.2, -0.15) is 11.8 Å². The van der Waals surface area contributed by atoms with Crippen molar-refractivity contribution in [3.63, 3.8) is 0 Å². The molecule has 7 nitrogen and oxygen atoms in total. The number of benzene rings is 2. The molecule has 8 heteroatoms. The van der Waals surface area contributed by atoms with Crippen molar-refractivity contribution in [1.82, 2.24) is 5.32 Å². The number of aryl methyl sites for hydroxylation is 1. The summed E-state index contributed by atoms with van der Waals surface area (Å²) in [6.45, 7) is 2.08. The lowest BCUT2D eigenvalue weighted by Gasteiger charge is -2.17. The molecule has 0 aromatic heterocycles. The molecule has 2 rings (SSSR count). The Labute approximate surface area is 167 Å². The van der Waals surface area contributed by atoms with Crippen molar-refractivity contribution in [2.45, 2.75) is 26.0 Å². The molecule has 148 valence electrons. The number of carbonyl (C=O) groups is 2. The van der Waals surface area contributed by atoms with E-state index in [2.05, 4.69) is 5.32 Å². The van der Waals surface area contributed by atoms with Crippen molar-refractivity contribution < 1.29 is 19.2 Å². The van der Waals surface area contributed by atoms with Crippen molar-refractivity contribution in [3.8, 4) is 0 Å². The van der Waals surface area contributed by atoms with Gasteiger partial charge in [0, 0.05) is 17.7 Å². The first-order valence-corrected chi connectivity index (χ1v) is 10.1. The highest BCUT2D eigenvalue weighted by atomic mass is 32.2. The highest BCUT2D eigenvalue weighted by molar-refractivity contribution is 7.98. The van der Waals surface area contributed by atoms with Gasteiger partial charge in [-0.1, -0.05) is 35.9 Å². The van der Waals surface area contributed by atoms with Gasteiger partial charge in [-0.15, -0.1) is 0 Å². The number of amides is 1. The summed E-state index contributed by atoms with van der Waals surface area (Å²) in [5, 5.41) is 13.5. The van der Waals surface area contributed by atoms with E-state index in [0.717, 1.165) is 11.1 Å². The molecule has 0 bridgehead atoms. The second kappa shape index (κ2) is 10.5. The molecule has 0 heterocycles. The van der Waals surface area contributed by atoms with Gasteiger partial charge in [-0.05, 0) is 37.0 Å². The van der Waals surface area contributed by atoms with Crippen LogP contribution in [-0.4, -0.2) is 34.9 Å². The Kier molecular flexibility index (Phi) is 8.01. The van der Waals surface area contributed by atoms with Gasteiger partial charge in [0.25, 0.3) is 11.6 Å². The van der Waals surface area contributed by atoms with E-state index in [4.69, 9.17) is 4.74 Å². The van der Waals surface area contributed by atoms with Gasteiger partial charge in [-0.3, -0.25) is 14.9 Å². The van der Waals surface area contributed by atoms with Crippen molar-refractivity contribution in [2.24, 2.45) is 0 Å². The fraction of sp³-hybridized carbons (Fsp3) is 0.300. The summed E-state index contributed by atoms with van der Waals surface area (Å²) >= 11 is 1.54. The summed E-state index contributed by atoms with van der Waals surface area (Å²) in [6.07, 6.45) is 2.30. The molecule has 0 unspecified atom stereocenters. The topological polar surface area (TPSA) is 98.5 Å². The maximum Gasteiger partial charge on any atom is 0.329 e. The number of nitro groups is 1. The second-order valence-electron chi connectivity index (χ2n) is 6.21. The Balaban J connectivity index is 2.03. The maximum atomic E-state index is 12.5. The highest BCUT2D eigenvalue weighted by Crippen LogP contribution is 2.14. The number of nitrogens with one attached hydrogen (secondary N) is 1. The molecule has 2 aromatic carbocycles. The van der Waals surface area contributed by atoms with Gasteiger partial charge in [0.2, 0.25) is 0 Å². The fourth-order valence-electron chi connectivity index (χ4n) is 2.43. The third kappa shape index (κ3) is 6.38. The minimum atomic E-state index is -0.829. The monoisotopic (exact) mass is 402 g/mol. The molecule has 1 N–H and O–H groups in total. The molecule has 0 aliphatic carbocycles. The number of rotatable bonds is 9. The van der Waals surface area contributed by atoms with Crippen LogP contribution >= 0.6 is 11.8 Å². The SMILES string of the molecule is CSCC[C@H](NC(=O)c1cccc([N+](=O)[O-])c1)C(=O)OCc1ccc(C)cc1. The predicted octanol–water partition coefficient (Wildman–Crippen LogP) is 3.50. The number of esters is 1. The van der Waals surface area contributed by atoms with Crippen LogP contribution in [0.15, 0.2) is 48.5 Å². The number of nitrogens with zero attached hydrogens (tertiary/aromatic N) is 1. The number of nitro benzene ring substituents is 1. The van der Waals surface area contributed by atoms with Crippen LogP contribution in [0.25, 0.3) is 0 Å². The molecule has 0 saturated carbocycles. The average molecular weight is 402 g/mol. The summed E-state index contributed by atoms with van der Waals surface area (Å²) < 4.78 is 5.35. The van der Waals surface area contributed by atoms with Crippen molar-refractivity contribution in [1.29, 1.82) is 0 Å². The van der Waals surface area contributed by atoms with E-state index >= 15 is 0 Å². The largest absolute Gasteiger partial charge is 0.459 e. The Bertz CT molecular complexity index is 839. The van der Waals surface area contributed by atoms with E-state index in [1.807, 2.05) is 37.4 Å². The minimum Gasteiger partial charge on any atom is -0.459 e. The van der Waals surface area contributed by atoms with Crippen LogP contribution in [0.4, 0.5) is 5.69 Å². The third-order valence-corrected chi connectivity index (χ3v) is 4.67. The van der Waals surface area contributed by atoms with Crippen LogP contribution in [0.1, 0.15) is 27.9 Å². The first-order valence-electron chi connectivity index (χ1n) is 8.67.